The predicted octanol–water partition coefficient (Wildman–Crippen LogP) is 5.67. The van der Waals surface area contributed by atoms with Gasteiger partial charge in [0.2, 0.25) is 0 Å². The third-order valence-electron chi connectivity index (χ3n) is 6.64. The van der Waals surface area contributed by atoms with Crippen LogP contribution in [-0.4, -0.2) is 49.5 Å². The van der Waals surface area contributed by atoms with Crippen LogP contribution in [0.15, 0.2) is 30.3 Å². The molecule has 180 valence electrons. The first-order valence-corrected chi connectivity index (χ1v) is 14.4. The molecule has 0 radical (unpaired) electrons. The fourth-order valence-electron chi connectivity index (χ4n) is 3.81. The summed E-state index contributed by atoms with van der Waals surface area (Å²) in [6, 6.07) is 8.50. The SMILES string of the molecule is C[C@H](c1ccccc1)N1C(=O)C(F)C(C(=O)OC(C)(C)C)C1CCO[Si](C)(C)C(C)(C)C. The third-order valence-corrected chi connectivity index (χ3v) is 11.2. The van der Waals surface area contributed by atoms with Gasteiger partial charge in [-0.1, -0.05) is 51.1 Å². The number of hydrogen-bond donors (Lipinski definition) is 0. The predicted molar refractivity (Wildman–Crippen MR) is 127 cm³/mol. The summed E-state index contributed by atoms with van der Waals surface area (Å²) >= 11 is 0. The van der Waals surface area contributed by atoms with Crippen LogP contribution in [0.3, 0.4) is 0 Å². The smallest absolute Gasteiger partial charge is 0.315 e. The minimum atomic E-state index is -2.02. The Bertz CT molecular complexity index is 800. The number of nitrogens with zero attached hydrogens (tertiary/aromatic N) is 1. The molecule has 4 atom stereocenters. The lowest BCUT2D eigenvalue weighted by Crippen LogP contribution is -2.44. The minimum absolute atomic E-state index is 0.0305. The Morgan fingerprint density at radius 2 is 1.69 bits per heavy atom. The number of carbonyl (C=O) groups is 2. The Labute approximate surface area is 193 Å². The van der Waals surface area contributed by atoms with E-state index >= 15 is 4.39 Å². The summed E-state index contributed by atoms with van der Waals surface area (Å²) in [5, 5.41) is 0.0305. The van der Waals surface area contributed by atoms with E-state index in [1.54, 1.807) is 20.8 Å². The first-order valence-electron chi connectivity index (χ1n) is 11.4. The van der Waals surface area contributed by atoms with Crippen molar-refractivity contribution in [1.29, 1.82) is 0 Å². The average Bonchev–Trinajstić information content (AvgIpc) is 2.90. The molecule has 1 heterocycles. The summed E-state index contributed by atoms with van der Waals surface area (Å²) in [6.07, 6.45) is -1.55. The number of rotatable bonds is 7. The number of halogens is 1. The number of hydrogen-bond acceptors (Lipinski definition) is 4. The zero-order valence-corrected chi connectivity index (χ0v) is 22.1. The Hall–Kier alpha value is -1.73. The van der Waals surface area contributed by atoms with E-state index in [1.807, 2.05) is 37.3 Å². The van der Waals surface area contributed by atoms with Crippen molar-refractivity contribution in [2.24, 2.45) is 5.92 Å². The molecule has 1 aromatic carbocycles. The third kappa shape index (κ3) is 5.98. The van der Waals surface area contributed by atoms with Crippen LogP contribution in [0.4, 0.5) is 4.39 Å². The van der Waals surface area contributed by atoms with E-state index in [-0.39, 0.29) is 11.1 Å². The van der Waals surface area contributed by atoms with Gasteiger partial charge in [0.25, 0.3) is 5.91 Å². The molecule has 0 aliphatic carbocycles. The number of benzene rings is 1. The van der Waals surface area contributed by atoms with Crippen molar-refractivity contribution in [3.63, 3.8) is 0 Å². The van der Waals surface area contributed by atoms with Crippen LogP contribution in [0.2, 0.25) is 18.1 Å². The molecule has 5 nitrogen and oxygen atoms in total. The van der Waals surface area contributed by atoms with Crippen LogP contribution in [0.1, 0.15) is 66.5 Å². The van der Waals surface area contributed by atoms with Gasteiger partial charge in [0, 0.05) is 6.61 Å². The van der Waals surface area contributed by atoms with Gasteiger partial charge in [0.1, 0.15) is 11.5 Å². The zero-order valence-electron chi connectivity index (χ0n) is 21.1. The number of carbonyl (C=O) groups excluding carboxylic acids is 2. The van der Waals surface area contributed by atoms with Gasteiger partial charge in [0.05, 0.1) is 12.1 Å². The fraction of sp³-hybridized carbons (Fsp3) is 0.680. The van der Waals surface area contributed by atoms with Crippen LogP contribution in [0, 0.1) is 5.92 Å². The maximum Gasteiger partial charge on any atom is 0.315 e. The topological polar surface area (TPSA) is 55.8 Å². The highest BCUT2D eigenvalue weighted by Crippen LogP contribution is 2.40. The van der Waals surface area contributed by atoms with Crippen LogP contribution in [0.5, 0.6) is 0 Å². The molecule has 3 unspecified atom stereocenters. The van der Waals surface area contributed by atoms with Crippen molar-refractivity contribution in [2.75, 3.05) is 6.61 Å². The zero-order chi connectivity index (χ0) is 24.5. The first-order chi connectivity index (χ1) is 14.6. The molecule has 7 heteroatoms. The van der Waals surface area contributed by atoms with Crippen LogP contribution in [0.25, 0.3) is 0 Å². The summed E-state index contributed by atoms with van der Waals surface area (Å²) in [6.45, 7) is 18.2. The number of ether oxygens (including phenoxy) is 1. The van der Waals surface area contributed by atoms with Crippen molar-refractivity contribution < 1.29 is 23.1 Å². The lowest BCUT2D eigenvalue weighted by Gasteiger charge is -2.38. The van der Waals surface area contributed by atoms with Crippen molar-refractivity contribution in [2.45, 2.75) is 96.9 Å². The van der Waals surface area contributed by atoms with Gasteiger partial charge in [-0.25, -0.2) is 4.39 Å². The molecule has 1 amide bonds. The van der Waals surface area contributed by atoms with Gasteiger partial charge in [0.15, 0.2) is 14.5 Å². The number of likely N-dealkylation sites (tertiary alicyclic amines) is 1. The standard InChI is InChI=1S/C25H40FNO4Si/c1-17(18-13-11-10-12-14-18)27-19(15-16-30-32(8,9)25(5,6)7)20(21(26)22(27)28)23(29)31-24(2,3)4/h10-14,17,19-21H,15-16H2,1-9H3/t17-,19?,20?,21?/m1/s1. The number of esters is 1. The highest BCUT2D eigenvalue weighted by molar-refractivity contribution is 6.74. The second-order valence-electron chi connectivity index (χ2n) is 11.3. The highest BCUT2D eigenvalue weighted by Gasteiger charge is 2.55. The lowest BCUT2D eigenvalue weighted by atomic mass is 9.95. The second-order valence-corrected chi connectivity index (χ2v) is 16.1. The molecule has 1 aliphatic rings. The molecule has 0 bridgehead atoms. The molecular weight excluding hydrogens is 425 g/mol. The Kier molecular flexibility index (Phi) is 7.98. The summed E-state index contributed by atoms with van der Waals surface area (Å²) in [5.41, 5.74) is 0.133. The summed E-state index contributed by atoms with van der Waals surface area (Å²) in [7, 11) is -2.02. The molecule has 1 aliphatic heterocycles. The van der Waals surface area contributed by atoms with E-state index in [0.29, 0.717) is 13.0 Å². The summed E-state index contributed by atoms with van der Waals surface area (Å²) in [4.78, 5) is 27.6. The van der Waals surface area contributed by atoms with Crippen LogP contribution >= 0.6 is 0 Å². The van der Waals surface area contributed by atoms with Crippen LogP contribution < -0.4 is 0 Å². The van der Waals surface area contributed by atoms with E-state index in [2.05, 4.69) is 33.9 Å². The Morgan fingerprint density at radius 3 is 2.19 bits per heavy atom. The molecule has 0 aromatic heterocycles. The van der Waals surface area contributed by atoms with E-state index in [9.17, 15) is 9.59 Å². The summed E-state index contributed by atoms with van der Waals surface area (Å²) in [5.74, 6) is -2.50. The van der Waals surface area contributed by atoms with Gasteiger partial charge in [-0.3, -0.25) is 9.59 Å². The van der Waals surface area contributed by atoms with E-state index < -0.39 is 43.9 Å². The Morgan fingerprint density at radius 1 is 1.12 bits per heavy atom. The normalized spacial score (nSPS) is 23.4. The Balaban J connectivity index is 2.34. The van der Waals surface area contributed by atoms with Crippen molar-refractivity contribution >= 4 is 20.2 Å². The van der Waals surface area contributed by atoms with Gasteiger partial charge in [-0.05, 0) is 57.8 Å². The molecule has 1 fully saturated rings. The fourth-order valence-corrected chi connectivity index (χ4v) is 4.88. The largest absolute Gasteiger partial charge is 0.460 e. The molecule has 0 spiro atoms. The minimum Gasteiger partial charge on any atom is -0.460 e. The van der Waals surface area contributed by atoms with Crippen LogP contribution in [-0.2, 0) is 18.8 Å². The van der Waals surface area contributed by atoms with E-state index in [4.69, 9.17) is 9.16 Å². The average molecular weight is 466 g/mol. The first kappa shape index (κ1) is 26.5. The second kappa shape index (κ2) is 9.63. The number of alkyl halides is 1. The monoisotopic (exact) mass is 465 g/mol. The molecule has 1 saturated heterocycles. The maximum absolute atomic E-state index is 15.3. The maximum atomic E-state index is 15.3. The number of amides is 1. The van der Waals surface area contributed by atoms with E-state index in [1.165, 1.54) is 4.90 Å². The molecule has 0 saturated carbocycles. The van der Waals surface area contributed by atoms with Crippen molar-refractivity contribution in [1.82, 2.24) is 4.90 Å². The van der Waals surface area contributed by atoms with Gasteiger partial charge in [-0.15, -0.1) is 0 Å². The molecule has 32 heavy (non-hydrogen) atoms. The van der Waals surface area contributed by atoms with Gasteiger partial charge < -0.3 is 14.1 Å². The quantitative estimate of drug-likeness (QED) is 0.385. The highest BCUT2D eigenvalue weighted by atomic mass is 28.4. The van der Waals surface area contributed by atoms with E-state index in [0.717, 1.165) is 5.56 Å². The lowest BCUT2D eigenvalue weighted by molar-refractivity contribution is -0.163. The van der Waals surface area contributed by atoms with Gasteiger partial charge in [-0.2, -0.15) is 0 Å². The van der Waals surface area contributed by atoms with Crippen molar-refractivity contribution in [3.8, 4) is 0 Å². The summed E-state index contributed by atoms with van der Waals surface area (Å²) < 4.78 is 27.1. The molecule has 2 rings (SSSR count). The van der Waals surface area contributed by atoms with Crippen molar-refractivity contribution in [3.05, 3.63) is 35.9 Å². The molecule has 1 aromatic rings. The van der Waals surface area contributed by atoms with Gasteiger partial charge >= 0.3 is 5.97 Å². The molecular formula is C25H40FNO4Si. The molecule has 0 N–H and O–H groups in total.